The second-order valence-electron chi connectivity index (χ2n) is 6.85. The zero-order valence-corrected chi connectivity index (χ0v) is 18.1. The topological polar surface area (TPSA) is 12.5 Å². The molecule has 0 aliphatic carbocycles. The van der Waals surface area contributed by atoms with Crippen LogP contribution in [0.1, 0.15) is 59.1 Å². The van der Waals surface area contributed by atoms with Crippen molar-refractivity contribution in [3.05, 3.63) is 71.3 Å². The van der Waals surface area contributed by atoms with Gasteiger partial charge in [0.15, 0.2) is 0 Å². The molecule has 0 aliphatic rings. The molecule has 2 heteroatoms. The zero-order chi connectivity index (χ0) is 20.1. The molecule has 0 fully saturated rings. The number of hydrogen-bond donors (Lipinski definition) is 0. The van der Waals surface area contributed by atoms with Gasteiger partial charge in [-0.25, -0.2) is 0 Å². The van der Waals surface area contributed by atoms with Gasteiger partial charge in [0.2, 0.25) is 0 Å². The molecule has 2 nitrogen and oxygen atoms in total. The summed E-state index contributed by atoms with van der Waals surface area (Å²) in [5.41, 5.74) is 5.10. The predicted molar refractivity (Wildman–Crippen MR) is 120 cm³/mol. The van der Waals surface area contributed by atoms with Crippen LogP contribution in [0.3, 0.4) is 0 Å². The van der Waals surface area contributed by atoms with Crippen LogP contribution in [-0.2, 0) is 0 Å². The monoisotopic (exact) mass is 367 g/mol. The molecule has 0 saturated carbocycles. The van der Waals surface area contributed by atoms with Crippen LogP contribution in [-0.4, -0.2) is 31.1 Å². The van der Waals surface area contributed by atoms with E-state index in [1.807, 2.05) is 0 Å². The number of ether oxygens (including phenoxy) is 1. The van der Waals surface area contributed by atoms with Crippen molar-refractivity contribution in [2.75, 3.05) is 26.2 Å². The lowest BCUT2D eigenvalue weighted by Gasteiger charge is -2.18. The van der Waals surface area contributed by atoms with Crippen molar-refractivity contribution in [2.24, 2.45) is 0 Å². The van der Waals surface area contributed by atoms with Gasteiger partial charge in [-0.2, -0.15) is 0 Å². The van der Waals surface area contributed by atoms with E-state index in [0.29, 0.717) is 0 Å². The third-order valence-corrected chi connectivity index (χ3v) is 4.28. The van der Waals surface area contributed by atoms with Crippen LogP contribution in [0.25, 0.3) is 5.57 Å². The highest BCUT2D eigenvalue weighted by atomic mass is 16.5. The molecule has 0 heterocycles. The zero-order valence-electron chi connectivity index (χ0n) is 18.1. The second kappa shape index (κ2) is 13.2. The molecule has 2 aromatic carbocycles. The lowest BCUT2D eigenvalue weighted by atomic mass is 9.94. The van der Waals surface area contributed by atoms with Crippen LogP contribution in [0.5, 0.6) is 5.75 Å². The second-order valence-corrected chi connectivity index (χ2v) is 6.85. The van der Waals surface area contributed by atoms with Crippen LogP contribution in [0, 0.1) is 0 Å². The van der Waals surface area contributed by atoms with Crippen LogP contribution in [0.2, 0.25) is 0 Å². The predicted octanol–water partition coefficient (Wildman–Crippen LogP) is 6.67. The molecular weight excluding hydrogens is 330 g/mol. The van der Waals surface area contributed by atoms with Gasteiger partial charge in [0.1, 0.15) is 12.4 Å². The Balaban J connectivity index is 0.00000114. The molecule has 0 amide bonds. The summed E-state index contributed by atoms with van der Waals surface area (Å²) in [5, 5.41) is 0. The number of hydrogen-bond acceptors (Lipinski definition) is 2. The molecule has 0 saturated heterocycles. The fourth-order valence-electron chi connectivity index (χ4n) is 2.90. The summed E-state index contributed by atoms with van der Waals surface area (Å²) in [6.07, 6.45) is 1.25. The summed E-state index contributed by atoms with van der Waals surface area (Å²) in [6, 6.07) is 19.0. The number of benzene rings is 2. The van der Waals surface area contributed by atoms with Gasteiger partial charge < -0.3 is 9.64 Å². The Kier molecular flexibility index (Phi) is 11.2. The number of rotatable bonds is 8. The molecule has 0 bridgehead atoms. The molecule has 0 unspecified atom stereocenters. The molecule has 0 aromatic heterocycles. The van der Waals surface area contributed by atoms with E-state index in [0.717, 1.165) is 32.0 Å². The van der Waals surface area contributed by atoms with Crippen molar-refractivity contribution in [2.45, 2.75) is 48.0 Å². The maximum absolute atomic E-state index is 5.88. The van der Waals surface area contributed by atoms with Gasteiger partial charge in [-0.15, -0.1) is 0 Å². The van der Waals surface area contributed by atoms with Gasteiger partial charge in [-0.1, -0.05) is 82.2 Å². The van der Waals surface area contributed by atoms with Crippen molar-refractivity contribution in [3.8, 4) is 5.75 Å². The summed E-state index contributed by atoms with van der Waals surface area (Å²) in [5.74, 6) is 0.937. The van der Waals surface area contributed by atoms with Gasteiger partial charge in [0.25, 0.3) is 0 Å². The average molecular weight is 368 g/mol. The molecule has 27 heavy (non-hydrogen) atoms. The minimum absolute atomic E-state index is 0.731. The largest absolute Gasteiger partial charge is 0.492 e. The van der Waals surface area contributed by atoms with Crippen molar-refractivity contribution >= 4 is 5.57 Å². The van der Waals surface area contributed by atoms with Gasteiger partial charge in [0.05, 0.1) is 0 Å². The Morgan fingerprint density at radius 2 is 1.30 bits per heavy atom. The summed E-state index contributed by atoms with van der Waals surface area (Å²) < 4.78 is 5.88. The molecule has 0 radical (unpaired) electrons. The Labute approximate surface area is 166 Å². The first kappa shape index (κ1) is 23.0. The molecule has 0 atom stereocenters. The Morgan fingerprint density at radius 1 is 0.778 bits per heavy atom. The first-order valence-electron chi connectivity index (χ1n) is 10.3. The minimum Gasteiger partial charge on any atom is -0.492 e. The van der Waals surface area contributed by atoms with E-state index in [1.165, 1.54) is 28.7 Å². The van der Waals surface area contributed by atoms with Crippen LogP contribution < -0.4 is 4.74 Å². The van der Waals surface area contributed by atoms with Gasteiger partial charge in [0, 0.05) is 6.54 Å². The van der Waals surface area contributed by atoms with Gasteiger partial charge in [-0.05, 0) is 55.8 Å². The maximum atomic E-state index is 5.88. The van der Waals surface area contributed by atoms with E-state index in [-0.39, 0.29) is 0 Å². The number of nitrogens with zero attached hydrogens (tertiary/aromatic N) is 1. The summed E-state index contributed by atoms with van der Waals surface area (Å²) in [7, 11) is 0. The van der Waals surface area contributed by atoms with Crippen LogP contribution in [0.15, 0.2) is 60.2 Å². The quantitative estimate of drug-likeness (QED) is 0.517. The average Bonchev–Trinajstić information content (AvgIpc) is 2.68. The van der Waals surface area contributed by atoms with Crippen molar-refractivity contribution < 1.29 is 4.74 Å². The third kappa shape index (κ3) is 8.01. The summed E-state index contributed by atoms with van der Waals surface area (Å²) in [4.78, 5) is 2.37. The van der Waals surface area contributed by atoms with Crippen LogP contribution in [0.4, 0.5) is 0 Å². The summed E-state index contributed by atoms with van der Waals surface area (Å²) >= 11 is 0. The smallest absolute Gasteiger partial charge is 0.119 e. The van der Waals surface area contributed by atoms with E-state index in [1.54, 1.807) is 0 Å². The van der Waals surface area contributed by atoms with E-state index in [9.17, 15) is 0 Å². The Morgan fingerprint density at radius 3 is 1.78 bits per heavy atom. The molecule has 148 valence electrons. The Bertz CT molecular complexity index is 650. The fourth-order valence-corrected chi connectivity index (χ4v) is 2.90. The molecule has 0 aliphatic heterocycles. The maximum Gasteiger partial charge on any atom is 0.119 e. The molecule has 2 rings (SSSR count). The SMILES string of the molecule is CCC.CCN(CC)CCOc1ccc(C(=C(C)C)c2ccccc2)cc1. The standard InChI is InChI=1S/C22H29NO.C3H8/c1-5-23(6-2)16-17-24-21-14-12-20(13-15-21)22(18(3)4)19-10-8-7-9-11-19;1-3-2/h7-15H,5-6,16-17H2,1-4H3;3H2,1-2H3. The number of allylic oxidation sites excluding steroid dienone is 1. The van der Waals surface area contributed by atoms with E-state index in [2.05, 4.69) is 101 Å². The first-order chi connectivity index (χ1) is 13.1. The van der Waals surface area contributed by atoms with Crippen molar-refractivity contribution in [1.82, 2.24) is 4.90 Å². The third-order valence-electron chi connectivity index (χ3n) is 4.28. The van der Waals surface area contributed by atoms with Crippen LogP contribution >= 0.6 is 0 Å². The number of likely N-dealkylation sites (N-methyl/N-ethyl adjacent to an activating group) is 1. The minimum atomic E-state index is 0.731. The molecule has 2 aromatic rings. The molecule has 0 N–H and O–H groups in total. The summed E-state index contributed by atoms with van der Waals surface area (Å²) in [6.45, 7) is 16.8. The highest BCUT2D eigenvalue weighted by molar-refractivity contribution is 5.81. The van der Waals surface area contributed by atoms with E-state index < -0.39 is 0 Å². The lowest BCUT2D eigenvalue weighted by molar-refractivity contribution is 0.223. The van der Waals surface area contributed by atoms with Crippen molar-refractivity contribution in [3.63, 3.8) is 0 Å². The highest BCUT2D eigenvalue weighted by Gasteiger charge is 2.07. The van der Waals surface area contributed by atoms with Crippen molar-refractivity contribution in [1.29, 1.82) is 0 Å². The fraction of sp³-hybridized carbons (Fsp3) is 0.440. The first-order valence-corrected chi connectivity index (χ1v) is 10.3. The normalized spacial score (nSPS) is 10.2. The van der Waals surface area contributed by atoms with Gasteiger partial charge in [-0.3, -0.25) is 0 Å². The lowest BCUT2D eigenvalue weighted by Crippen LogP contribution is -2.27. The molecule has 0 spiro atoms. The van der Waals surface area contributed by atoms with Gasteiger partial charge >= 0.3 is 0 Å². The Hall–Kier alpha value is -2.06. The van der Waals surface area contributed by atoms with E-state index >= 15 is 0 Å². The molecular formula is C25H37NO. The van der Waals surface area contributed by atoms with E-state index in [4.69, 9.17) is 4.74 Å². The highest BCUT2D eigenvalue weighted by Crippen LogP contribution is 2.28.